The molecule has 0 aliphatic rings. The van der Waals surface area contributed by atoms with E-state index in [0.717, 1.165) is 11.3 Å². The van der Waals surface area contributed by atoms with E-state index in [4.69, 9.17) is 21.1 Å². The quantitative estimate of drug-likeness (QED) is 0.837. The molecule has 1 unspecified atom stereocenters. The van der Waals surface area contributed by atoms with Gasteiger partial charge in [-0.3, -0.25) is 4.79 Å². The topological polar surface area (TPSA) is 47.6 Å². The van der Waals surface area contributed by atoms with Gasteiger partial charge in [0.15, 0.2) is 6.10 Å². The second kappa shape index (κ2) is 8.44. The van der Waals surface area contributed by atoms with Crippen LogP contribution in [0.1, 0.15) is 18.9 Å². The number of amides is 1. The van der Waals surface area contributed by atoms with E-state index in [1.165, 1.54) is 0 Å². The van der Waals surface area contributed by atoms with Crippen LogP contribution in [0.4, 0.5) is 0 Å². The van der Waals surface area contributed by atoms with Crippen molar-refractivity contribution in [2.75, 3.05) is 7.11 Å². The van der Waals surface area contributed by atoms with Crippen LogP contribution in [0.3, 0.4) is 0 Å². The zero-order chi connectivity index (χ0) is 16.7. The molecule has 0 fully saturated rings. The van der Waals surface area contributed by atoms with Crippen LogP contribution < -0.4 is 14.8 Å². The highest BCUT2D eigenvalue weighted by Gasteiger charge is 2.19. The van der Waals surface area contributed by atoms with Crippen LogP contribution in [-0.4, -0.2) is 19.1 Å². The van der Waals surface area contributed by atoms with E-state index in [0.29, 0.717) is 23.7 Å². The summed E-state index contributed by atoms with van der Waals surface area (Å²) in [7, 11) is 1.61. The van der Waals surface area contributed by atoms with Crippen molar-refractivity contribution in [2.45, 2.75) is 26.0 Å². The Morgan fingerprint density at radius 1 is 1.13 bits per heavy atom. The minimum Gasteiger partial charge on any atom is -0.496 e. The number of methoxy groups -OCH3 is 1. The van der Waals surface area contributed by atoms with Gasteiger partial charge in [-0.15, -0.1) is 0 Å². The van der Waals surface area contributed by atoms with Gasteiger partial charge in [0, 0.05) is 12.1 Å². The van der Waals surface area contributed by atoms with E-state index in [1.807, 2.05) is 43.3 Å². The lowest BCUT2D eigenvalue weighted by Gasteiger charge is -2.18. The number of benzene rings is 2. The van der Waals surface area contributed by atoms with Gasteiger partial charge in [-0.1, -0.05) is 48.9 Å². The molecule has 0 radical (unpaired) electrons. The number of hydrogen-bond donors (Lipinski definition) is 1. The first-order chi connectivity index (χ1) is 11.2. The Hall–Kier alpha value is -2.20. The number of hydrogen-bond acceptors (Lipinski definition) is 3. The number of carbonyl (C=O) groups excluding carboxylic acids is 1. The summed E-state index contributed by atoms with van der Waals surface area (Å²) >= 11 is 6.07. The van der Waals surface area contributed by atoms with E-state index >= 15 is 0 Å². The monoisotopic (exact) mass is 333 g/mol. The second-order valence-corrected chi connectivity index (χ2v) is 5.38. The third-order valence-corrected chi connectivity index (χ3v) is 3.73. The molecule has 0 aliphatic carbocycles. The number of halogens is 1. The van der Waals surface area contributed by atoms with Gasteiger partial charge in [-0.25, -0.2) is 0 Å². The van der Waals surface area contributed by atoms with Gasteiger partial charge in [0.25, 0.3) is 5.91 Å². The Morgan fingerprint density at radius 3 is 2.43 bits per heavy atom. The van der Waals surface area contributed by atoms with Crippen LogP contribution in [0.15, 0.2) is 48.5 Å². The molecule has 0 saturated carbocycles. The molecule has 23 heavy (non-hydrogen) atoms. The maximum absolute atomic E-state index is 12.3. The van der Waals surface area contributed by atoms with E-state index < -0.39 is 6.10 Å². The first-order valence-electron chi connectivity index (χ1n) is 7.46. The van der Waals surface area contributed by atoms with E-state index in [-0.39, 0.29) is 5.91 Å². The molecule has 2 rings (SSSR count). The Morgan fingerprint density at radius 2 is 1.78 bits per heavy atom. The zero-order valence-corrected chi connectivity index (χ0v) is 14.0. The molecule has 4 nitrogen and oxygen atoms in total. The molecular formula is C18H20ClNO3. The van der Waals surface area contributed by atoms with Crippen molar-refractivity contribution in [3.05, 3.63) is 59.1 Å². The lowest BCUT2D eigenvalue weighted by atomic mass is 10.2. The molecule has 0 bridgehead atoms. The first-order valence-corrected chi connectivity index (χ1v) is 7.84. The van der Waals surface area contributed by atoms with Gasteiger partial charge >= 0.3 is 0 Å². The molecular weight excluding hydrogens is 314 g/mol. The fraction of sp³-hybridized carbons (Fsp3) is 0.278. The molecule has 1 amide bonds. The molecule has 1 atom stereocenters. The summed E-state index contributed by atoms with van der Waals surface area (Å²) in [4.78, 5) is 12.3. The SMILES string of the molecule is CCC(Oc1ccccc1Cl)C(=O)NCc1ccccc1OC. The highest BCUT2D eigenvalue weighted by molar-refractivity contribution is 6.32. The van der Waals surface area contributed by atoms with E-state index in [2.05, 4.69) is 5.32 Å². The molecule has 1 N–H and O–H groups in total. The minimum atomic E-state index is -0.593. The summed E-state index contributed by atoms with van der Waals surface area (Å²) in [5.41, 5.74) is 0.913. The summed E-state index contributed by atoms with van der Waals surface area (Å²) in [5.74, 6) is 1.07. The molecule has 0 heterocycles. The Kier molecular flexibility index (Phi) is 6.29. The molecule has 0 spiro atoms. The number of carbonyl (C=O) groups is 1. The molecule has 2 aromatic rings. The molecule has 122 valence electrons. The average Bonchev–Trinajstić information content (AvgIpc) is 2.59. The third kappa shape index (κ3) is 4.63. The van der Waals surface area contributed by atoms with Gasteiger partial charge in [0.05, 0.1) is 12.1 Å². The highest BCUT2D eigenvalue weighted by atomic mass is 35.5. The predicted octanol–water partition coefficient (Wildman–Crippen LogP) is 3.82. The smallest absolute Gasteiger partial charge is 0.261 e. The number of ether oxygens (including phenoxy) is 2. The van der Waals surface area contributed by atoms with Crippen molar-refractivity contribution < 1.29 is 14.3 Å². The molecule has 0 aliphatic heterocycles. The maximum atomic E-state index is 12.3. The van der Waals surface area contributed by atoms with Crippen LogP contribution in [0.25, 0.3) is 0 Å². The molecule has 0 aromatic heterocycles. The van der Waals surface area contributed by atoms with Gasteiger partial charge in [-0.05, 0) is 24.6 Å². The van der Waals surface area contributed by atoms with Crippen molar-refractivity contribution in [1.29, 1.82) is 0 Å². The van der Waals surface area contributed by atoms with Crippen molar-refractivity contribution in [1.82, 2.24) is 5.32 Å². The van der Waals surface area contributed by atoms with E-state index in [9.17, 15) is 4.79 Å². The fourth-order valence-electron chi connectivity index (χ4n) is 2.16. The summed E-state index contributed by atoms with van der Waals surface area (Å²) in [6.07, 6.45) is -0.0483. The lowest BCUT2D eigenvalue weighted by molar-refractivity contribution is -0.128. The van der Waals surface area contributed by atoms with Gasteiger partial charge in [0.1, 0.15) is 11.5 Å². The number of rotatable bonds is 7. The predicted molar refractivity (Wildman–Crippen MR) is 91.0 cm³/mol. The van der Waals surface area contributed by atoms with Crippen molar-refractivity contribution in [3.8, 4) is 11.5 Å². The second-order valence-electron chi connectivity index (χ2n) is 4.97. The fourth-order valence-corrected chi connectivity index (χ4v) is 2.34. The number of para-hydroxylation sites is 2. The summed E-state index contributed by atoms with van der Waals surface area (Å²) in [6, 6.07) is 14.7. The van der Waals surface area contributed by atoms with Crippen molar-refractivity contribution in [2.24, 2.45) is 0 Å². The summed E-state index contributed by atoms with van der Waals surface area (Å²) in [6.45, 7) is 2.27. The lowest BCUT2D eigenvalue weighted by Crippen LogP contribution is -2.37. The van der Waals surface area contributed by atoms with Gasteiger partial charge < -0.3 is 14.8 Å². The average molecular weight is 334 g/mol. The summed E-state index contributed by atoms with van der Waals surface area (Å²) in [5, 5.41) is 3.37. The van der Waals surface area contributed by atoms with Crippen molar-refractivity contribution >= 4 is 17.5 Å². The van der Waals surface area contributed by atoms with E-state index in [1.54, 1.807) is 19.2 Å². The first kappa shape index (κ1) is 17.2. The Bertz CT molecular complexity index is 660. The third-order valence-electron chi connectivity index (χ3n) is 3.41. The van der Waals surface area contributed by atoms with Crippen LogP contribution in [-0.2, 0) is 11.3 Å². The summed E-state index contributed by atoms with van der Waals surface area (Å²) < 4.78 is 11.0. The largest absolute Gasteiger partial charge is 0.496 e. The standard InChI is InChI=1S/C18H20ClNO3/c1-3-15(23-17-11-7-5-9-14(17)19)18(21)20-12-13-8-4-6-10-16(13)22-2/h4-11,15H,3,12H2,1-2H3,(H,20,21). The van der Waals surface area contributed by atoms with Gasteiger partial charge in [-0.2, -0.15) is 0 Å². The van der Waals surface area contributed by atoms with Crippen molar-refractivity contribution in [3.63, 3.8) is 0 Å². The zero-order valence-electron chi connectivity index (χ0n) is 13.2. The molecule has 0 saturated heterocycles. The minimum absolute atomic E-state index is 0.182. The number of nitrogens with one attached hydrogen (secondary N) is 1. The highest BCUT2D eigenvalue weighted by Crippen LogP contribution is 2.25. The van der Waals surface area contributed by atoms with Crippen LogP contribution >= 0.6 is 11.6 Å². The van der Waals surface area contributed by atoms with Gasteiger partial charge in [0.2, 0.25) is 0 Å². The Balaban J connectivity index is 1.99. The van der Waals surface area contributed by atoms with Crippen LogP contribution in [0, 0.1) is 0 Å². The maximum Gasteiger partial charge on any atom is 0.261 e. The van der Waals surface area contributed by atoms with Crippen LogP contribution in [0.5, 0.6) is 11.5 Å². The van der Waals surface area contributed by atoms with Crippen LogP contribution in [0.2, 0.25) is 5.02 Å². The Labute approximate surface area is 141 Å². The molecule has 2 aromatic carbocycles. The normalized spacial score (nSPS) is 11.6. The molecule has 5 heteroatoms.